The number of hydrogen-bond donors (Lipinski definition) is 1. The summed E-state index contributed by atoms with van der Waals surface area (Å²) in [5, 5.41) is 3.38. The fourth-order valence-corrected chi connectivity index (χ4v) is 3.11. The molecular weight excluding hydrogens is 234 g/mol. The van der Waals surface area contributed by atoms with Crippen LogP contribution >= 0.6 is 11.3 Å². The summed E-state index contributed by atoms with van der Waals surface area (Å²) in [6.45, 7) is 2.25. The lowest BCUT2D eigenvalue weighted by atomic mass is 9.91. The van der Waals surface area contributed by atoms with Crippen LogP contribution in [0.2, 0.25) is 0 Å². The van der Waals surface area contributed by atoms with E-state index in [9.17, 15) is 4.79 Å². The Morgan fingerprint density at radius 2 is 2.18 bits per heavy atom. The third kappa shape index (κ3) is 2.42. The average molecular weight is 249 g/mol. The third-order valence-electron chi connectivity index (χ3n) is 3.38. The van der Waals surface area contributed by atoms with Crippen LogP contribution in [0.15, 0.2) is 27.4 Å². The molecular formula is C13H15NO2S. The molecule has 0 amide bonds. The van der Waals surface area contributed by atoms with E-state index in [0.717, 1.165) is 35.7 Å². The molecule has 1 saturated heterocycles. The minimum Gasteiger partial charge on any atom is -0.414 e. The molecule has 90 valence electrons. The van der Waals surface area contributed by atoms with Gasteiger partial charge in [0, 0.05) is 0 Å². The lowest BCUT2D eigenvalue weighted by Crippen LogP contribution is -2.28. The van der Waals surface area contributed by atoms with Gasteiger partial charge in [-0.2, -0.15) is 0 Å². The van der Waals surface area contributed by atoms with Crippen molar-refractivity contribution in [2.24, 2.45) is 5.92 Å². The van der Waals surface area contributed by atoms with E-state index in [1.54, 1.807) is 0 Å². The van der Waals surface area contributed by atoms with Gasteiger partial charge in [0.2, 0.25) is 0 Å². The average Bonchev–Trinajstić information content (AvgIpc) is 2.70. The number of fused-ring (bicyclic) bond motifs is 1. The Morgan fingerprint density at radius 3 is 3.00 bits per heavy atom. The van der Waals surface area contributed by atoms with Gasteiger partial charge in [-0.25, -0.2) is 4.79 Å². The Hall–Kier alpha value is -1.13. The molecule has 0 aliphatic carbocycles. The Balaban J connectivity index is 1.82. The quantitative estimate of drug-likeness (QED) is 0.888. The zero-order valence-electron chi connectivity index (χ0n) is 9.57. The van der Waals surface area contributed by atoms with E-state index in [2.05, 4.69) is 11.4 Å². The minimum atomic E-state index is -0.209. The van der Waals surface area contributed by atoms with Crippen LogP contribution < -0.4 is 10.3 Å². The van der Waals surface area contributed by atoms with E-state index in [-0.39, 0.29) is 4.94 Å². The van der Waals surface area contributed by atoms with E-state index < -0.39 is 0 Å². The zero-order valence-corrected chi connectivity index (χ0v) is 10.4. The molecule has 0 radical (unpaired) electrons. The van der Waals surface area contributed by atoms with Crippen LogP contribution in [0.3, 0.4) is 0 Å². The maximum absolute atomic E-state index is 11.1. The Bertz CT molecular complexity index is 566. The summed E-state index contributed by atoms with van der Waals surface area (Å²) >= 11 is 1.17. The highest BCUT2D eigenvalue weighted by Gasteiger charge is 2.14. The van der Waals surface area contributed by atoms with Gasteiger partial charge in [0.15, 0.2) is 0 Å². The Labute approximate surface area is 103 Å². The number of nitrogens with one attached hydrogen (secondary N) is 1. The molecule has 1 fully saturated rings. The summed E-state index contributed by atoms with van der Waals surface area (Å²) in [6, 6.07) is 6.15. The predicted octanol–water partition coefficient (Wildman–Crippen LogP) is 2.40. The fourth-order valence-electron chi connectivity index (χ4n) is 2.46. The monoisotopic (exact) mass is 249 g/mol. The first-order valence-corrected chi connectivity index (χ1v) is 6.86. The molecule has 1 aromatic heterocycles. The first-order chi connectivity index (χ1) is 8.31. The van der Waals surface area contributed by atoms with Crippen LogP contribution in [-0.4, -0.2) is 13.1 Å². The lowest BCUT2D eigenvalue weighted by molar-refractivity contribution is 0.372. The molecule has 3 rings (SSSR count). The largest absolute Gasteiger partial charge is 0.414 e. The van der Waals surface area contributed by atoms with Crippen LogP contribution in [0.25, 0.3) is 10.3 Å². The maximum Gasteiger partial charge on any atom is 0.396 e. The van der Waals surface area contributed by atoms with Crippen LogP contribution in [0.5, 0.6) is 0 Å². The third-order valence-corrected chi connectivity index (χ3v) is 4.18. The summed E-state index contributed by atoms with van der Waals surface area (Å²) in [5.41, 5.74) is 2.03. The molecule has 1 N–H and O–H groups in total. The minimum absolute atomic E-state index is 0.209. The van der Waals surface area contributed by atoms with Gasteiger partial charge in [-0.15, -0.1) is 0 Å². The maximum atomic E-state index is 11.1. The smallest absolute Gasteiger partial charge is 0.396 e. The van der Waals surface area contributed by atoms with E-state index in [4.69, 9.17) is 4.42 Å². The molecule has 1 aliphatic rings. The second-order valence-corrected chi connectivity index (χ2v) is 5.61. The normalized spacial score (nSPS) is 17.6. The van der Waals surface area contributed by atoms with Crippen molar-refractivity contribution >= 4 is 21.6 Å². The van der Waals surface area contributed by atoms with Gasteiger partial charge in [0.05, 0.1) is 4.70 Å². The van der Waals surface area contributed by atoms with Gasteiger partial charge in [-0.05, 0) is 56.0 Å². The van der Waals surface area contributed by atoms with Crippen LogP contribution in [-0.2, 0) is 6.42 Å². The molecule has 2 heterocycles. The van der Waals surface area contributed by atoms with Gasteiger partial charge in [0.25, 0.3) is 0 Å². The standard InChI is InChI=1S/C13H15NO2S/c15-13-16-11-8-10(1-2-12(11)17-13)7-9-3-5-14-6-4-9/h1-2,8-9,14H,3-7H2. The summed E-state index contributed by atoms with van der Waals surface area (Å²) in [7, 11) is 0. The highest BCUT2D eigenvalue weighted by Crippen LogP contribution is 2.22. The number of piperidine rings is 1. The Kier molecular flexibility index (Phi) is 2.99. The van der Waals surface area contributed by atoms with Crippen molar-refractivity contribution in [2.75, 3.05) is 13.1 Å². The topological polar surface area (TPSA) is 42.2 Å². The van der Waals surface area contributed by atoms with Crippen LogP contribution in [0.4, 0.5) is 0 Å². The van der Waals surface area contributed by atoms with Crippen molar-refractivity contribution in [3.8, 4) is 0 Å². The van der Waals surface area contributed by atoms with Gasteiger partial charge in [0.1, 0.15) is 5.58 Å². The van der Waals surface area contributed by atoms with E-state index in [1.165, 1.54) is 29.7 Å². The van der Waals surface area contributed by atoms with E-state index >= 15 is 0 Å². The van der Waals surface area contributed by atoms with Gasteiger partial charge in [-0.3, -0.25) is 0 Å². The SMILES string of the molecule is O=c1oc2cc(CC3CCNCC3)ccc2s1. The Morgan fingerprint density at radius 1 is 1.35 bits per heavy atom. The van der Waals surface area contributed by atoms with E-state index in [0.29, 0.717) is 0 Å². The molecule has 0 spiro atoms. The highest BCUT2D eigenvalue weighted by atomic mass is 32.1. The van der Waals surface area contributed by atoms with Gasteiger partial charge in [-0.1, -0.05) is 17.4 Å². The highest BCUT2D eigenvalue weighted by molar-refractivity contribution is 7.16. The fraction of sp³-hybridized carbons (Fsp3) is 0.462. The number of rotatable bonds is 2. The van der Waals surface area contributed by atoms with Gasteiger partial charge >= 0.3 is 4.94 Å². The summed E-state index contributed by atoms with van der Waals surface area (Å²) < 4.78 is 6.10. The zero-order chi connectivity index (χ0) is 11.7. The van der Waals surface area contributed by atoms with Crippen molar-refractivity contribution in [1.82, 2.24) is 5.32 Å². The number of hydrogen-bond acceptors (Lipinski definition) is 4. The van der Waals surface area contributed by atoms with Crippen molar-refractivity contribution < 1.29 is 4.42 Å². The van der Waals surface area contributed by atoms with E-state index in [1.807, 2.05) is 12.1 Å². The number of benzene rings is 1. The molecule has 1 aromatic carbocycles. The molecule has 1 aliphatic heterocycles. The van der Waals surface area contributed by atoms with Crippen molar-refractivity contribution in [3.63, 3.8) is 0 Å². The first kappa shape index (κ1) is 11.0. The molecule has 0 saturated carbocycles. The van der Waals surface area contributed by atoms with Crippen molar-refractivity contribution in [3.05, 3.63) is 33.5 Å². The second-order valence-electron chi connectivity index (χ2n) is 4.63. The molecule has 0 bridgehead atoms. The van der Waals surface area contributed by atoms with Crippen LogP contribution in [0.1, 0.15) is 18.4 Å². The molecule has 3 nitrogen and oxygen atoms in total. The molecule has 17 heavy (non-hydrogen) atoms. The second kappa shape index (κ2) is 4.63. The lowest BCUT2D eigenvalue weighted by Gasteiger charge is -2.22. The van der Waals surface area contributed by atoms with Gasteiger partial charge < -0.3 is 9.73 Å². The first-order valence-electron chi connectivity index (χ1n) is 6.04. The molecule has 0 atom stereocenters. The van der Waals surface area contributed by atoms with Crippen LogP contribution in [0, 0.1) is 5.92 Å². The predicted molar refractivity (Wildman–Crippen MR) is 69.7 cm³/mol. The summed E-state index contributed by atoms with van der Waals surface area (Å²) in [4.78, 5) is 10.9. The van der Waals surface area contributed by atoms with Crippen molar-refractivity contribution in [2.45, 2.75) is 19.3 Å². The van der Waals surface area contributed by atoms with Crippen molar-refractivity contribution in [1.29, 1.82) is 0 Å². The summed E-state index contributed by atoms with van der Waals surface area (Å²) in [5.74, 6) is 0.763. The summed E-state index contributed by atoms with van der Waals surface area (Å²) in [6.07, 6.45) is 3.58. The molecule has 0 unspecified atom stereocenters. The molecule has 4 heteroatoms. The molecule has 2 aromatic rings.